The van der Waals surface area contributed by atoms with E-state index >= 15 is 0 Å². The van der Waals surface area contributed by atoms with Gasteiger partial charge in [-0.15, -0.1) is 0 Å². The van der Waals surface area contributed by atoms with Gasteiger partial charge < -0.3 is 0 Å². The van der Waals surface area contributed by atoms with Crippen LogP contribution in [0.4, 0.5) is 0 Å². The third kappa shape index (κ3) is 1.71. The molecule has 0 spiro atoms. The molecule has 1 heteroatoms. The van der Waals surface area contributed by atoms with E-state index in [1.807, 2.05) is 0 Å². The molecule has 1 aromatic rings. The molecular weight excluding hydrogens is 215 g/mol. The summed E-state index contributed by atoms with van der Waals surface area (Å²) in [4.78, 5) is 0. The number of rotatable bonds is 1. The predicted molar refractivity (Wildman–Crippen MR) is 40.6 cm³/mol. The molecule has 0 aliphatic rings. The van der Waals surface area contributed by atoms with Crippen molar-refractivity contribution in [2.75, 3.05) is 0 Å². The fourth-order valence-corrected chi connectivity index (χ4v) is 1.94. The first kappa shape index (κ1) is 7.13. The fraction of sp³-hybridized carbons (Fsp3) is 0.250. The molecule has 0 fully saturated rings. The van der Waals surface area contributed by atoms with E-state index in [9.17, 15) is 0 Å². The second-order valence-corrected chi connectivity index (χ2v) is 3.11. The monoisotopic (exact) mass is 225 g/mol. The van der Waals surface area contributed by atoms with E-state index in [2.05, 4.69) is 31.2 Å². The number of hydrogen-bond acceptors (Lipinski definition) is 0. The zero-order chi connectivity index (χ0) is 6.69. The van der Waals surface area contributed by atoms with Crippen LogP contribution in [-0.4, -0.2) is 22.5 Å². The van der Waals surface area contributed by atoms with Gasteiger partial charge in [-0.2, -0.15) is 0 Å². The van der Waals surface area contributed by atoms with E-state index in [0.29, 0.717) is 0 Å². The SMILES string of the molecule is Cc1ccccc1[CH2][Sn]. The Bertz CT molecular complexity index is 194. The maximum atomic E-state index is 2.20. The molecular formula is C8H9Sn. The summed E-state index contributed by atoms with van der Waals surface area (Å²) in [7, 11) is 0. The number of aryl methyl sites for hydroxylation is 1. The van der Waals surface area contributed by atoms with Crippen molar-refractivity contribution in [1.29, 1.82) is 0 Å². The summed E-state index contributed by atoms with van der Waals surface area (Å²) in [5.41, 5.74) is 2.92. The Kier molecular flexibility index (Phi) is 2.58. The summed E-state index contributed by atoms with van der Waals surface area (Å²) >= 11 is 1.59. The summed E-state index contributed by atoms with van der Waals surface area (Å²) in [6.07, 6.45) is 0. The molecule has 45 valence electrons. The molecule has 0 bridgehead atoms. The normalized spacial score (nSPS) is 9.56. The van der Waals surface area contributed by atoms with Gasteiger partial charge in [0.25, 0.3) is 0 Å². The van der Waals surface area contributed by atoms with Crippen molar-refractivity contribution < 1.29 is 0 Å². The number of hydrogen-bond donors (Lipinski definition) is 0. The van der Waals surface area contributed by atoms with Crippen molar-refractivity contribution in [3.05, 3.63) is 35.4 Å². The van der Waals surface area contributed by atoms with Gasteiger partial charge in [0, 0.05) is 0 Å². The van der Waals surface area contributed by atoms with Gasteiger partial charge in [0.05, 0.1) is 0 Å². The van der Waals surface area contributed by atoms with Crippen LogP contribution in [0.15, 0.2) is 24.3 Å². The molecule has 9 heavy (non-hydrogen) atoms. The third-order valence-corrected chi connectivity index (χ3v) is 2.54. The van der Waals surface area contributed by atoms with E-state index < -0.39 is 0 Å². The van der Waals surface area contributed by atoms with Crippen LogP contribution in [0.1, 0.15) is 11.1 Å². The Morgan fingerprint density at radius 1 is 1.33 bits per heavy atom. The van der Waals surface area contributed by atoms with Gasteiger partial charge in [-0.05, 0) is 0 Å². The summed E-state index contributed by atoms with van der Waals surface area (Å²) in [5.74, 6) is 0. The molecule has 0 nitrogen and oxygen atoms in total. The van der Waals surface area contributed by atoms with Crippen LogP contribution in [0.5, 0.6) is 0 Å². The van der Waals surface area contributed by atoms with E-state index in [-0.39, 0.29) is 0 Å². The molecule has 0 amide bonds. The molecule has 0 saturated heterocycles. The molecule has 0 aromatic heterocycles. The average molecular weight is 224 g/mol. The molecule has 1 aromatic carbocycles. The molecule has 0 aliphatic heterocycles. The van der Waals surface area contributed by atoms with Gasteiger partial charge >= 0.3 is 69.3 Å². The van der Waals surface area contributed by atoms with Crippen LogP contribution >= 0.6 is 0 Å². The molecule has 3 radical (unpaired) electrons. The third-order valence-electron chi connectivity index (χ3n) is 1.45. The molecule has 0 saturated carbocycles. The Morgan fingerprint density at radius 2 is 2.00 bits per heavy atom. The van der Waals surface area contributed by atoms with Crippen molar-refractivity contribution in [1.82, 2.24) is 0 Å². The van der Waals surface area contributed by atoms with Crippen LogP contribution in [-0.2, 0) is 4.44 Å². The first-order valence-electron chi connectivity index (χ1n) is 3.03. The van der Waals surface area contributed by atoms with E-state index in [1.165, 1.54) is 15.6 Å². The van der Waals surface area contributed by atoms with Gasteiger partial charge in [-0.1, -0.05) is 0 Å². The van der Waals surface area contributed by atoms with E-state index in [1.54, 1.807) is 22.5 Å². The zero-order valence-electron chi connectivity index (χ0n) is 5.52. The van der Waals surface area contributed by atoms with E-state index in [0.717, 1.165) is 0 Å². The van der Waals surface area contributed by atoms with Gasteiger partial charge in [0.1, 0.15) is 0 Å². The first-order chi connectivity index (χ1) is 4.34. The number of benzene rings is 1. The molecule has 0 aliphatic carbocycles. The van der Waals surface area contributed by atoms with Crippen molar-refractivity contribution in [2.45, 2.75) is 11.4 Å². The van der Waals surface area contributed by atoms with Crippen molar-refractivity contribution in [3.63, 3.8) is 0 Å². The fourth-order valence-electron chi connectivity index (χ4n) is 0.808. The Morgan fingerprint density at radius 3 is 2.44 bits per heavy atom. The molecule has 0 unspecified atom stereocenters. The Hall–Kier alpha value is 0.0187. The molecule has 1 rings (SSSR count). The molecule has 0 atom stereocenters. The first-order valence-corrected chi connectivity index (χ1v) is 5.05. The quantitative estimate of drug-likeness (QED) is 0.636. The van der Waals surface area contributed by atoms with Crippen LogP contribution in [0, 0.1) is 6.92 Å². The van der Waals surface area contributed by atoms with Crippen molar-refractivity contribution in [2.24, 2.45) is 0 Å². The summed E-state index contributed by atoms with van der Waals surface area (Å²) < 4.78 is 1.24. The van der Waals surface area contributed by atoms with Crippen molar-refractivity contribution >= 4 is 22.5 Å². The molecule has 0 N–H and O–H groups in total. The predicted octanol–water partition coefficient (Wildman–Crippen LogP) is 1.66. The van der Waals surface area contributed by atoms with Gasteiger partial charge in [-0.3, -0.25) is 0 Å². The van der Waals surface area contributed by atoms with Crippen LogP contribution < -0.4 is 0 Å². The van der Waals surface area contributed by atoms with Crippen LogP contribution in [0.2, 0.25) is 0 Å². The standard InChI is InChI=1S/C8H9.Sn/c1-7-5-3-4-6-8(7)2;/h3-6H,1H2,2H3;. The zero-order valence-corrected chi connectivity index (χ0v) is 8.37. The minimum absolute atomic E-state index is 1.24. The minimum atomic E-state index is 1.24. The summed E-state index contributed by atoms with van der Waals surface area (Å²) in [5, 5.41) is 0. The van der Waals surface area contributed by atoms with Crippen LogP contribution in [0.25, 0.3) is 0 Å². The van der Waals surface area contributed by atoms with Crippen molar-refractivity contribution in [3.8, 4) is 0 Å². The molecule has 0 heterocycles. The van der Waals surface area contributed by atoms with Gasteiger partial charge in [-0.25, -0.2) is 0 Å². The topological polar surface area (TPSA) is 0 Å². The van der Waals surface area contributed by atoms with E-state index in [4.69, 9.17) is 0 Å². The Labute approximate surface area is 69.4 Å². The van der Waals surface area contributed by atoms with Crippen LogP contribution in [0.3, 0.4) is 0 Å². The maximum absolute atomic E-state index is 2.20. The van der Waals surface area contributed by atoms with Gasteiger partial charge in [0.2, 0.25) is 0 Å². The van der Waals surface area contributed by atoms with Gasteiger partial charge in [0.15, 0.2) is 0 Å². The average Bonchev–Trinajstić information content (AvgIpc) is 1.89. The second-order valence-electron chi connectivity index (χ2n) is 2.10. The summed E-state index contributed by atoms with van der Waals surface area (Å²) in [6.45, 7) is 2.17. The Balaban J connectivity index is 3.01. The summed E-state index contributed by atoms with van der Waals surface area (Å²) in [6, 6.07) is 8.56. The second kappa shape index (κ2) is 3.25.